The van der Waals surface area contributed by atoms with Gasteiger partial charge in [0.25, 0.3) is 0 Å². The van der Waals surface area contributed by atoms with Crippen LogP contribution >= 0.6 is 0 Å². The largest absolute Gasteiger partial charge is 0.415 e. The Bertz CT molecular complexity index is 784. The van der Waals surface area contributed by atoms with Gasteiger partial charge in [0.2, 0.25) is 0 Å². The lowest BCUT2D eigenvalue weighted by Crippen LogP contribution is -2.55. The van der Waals surface area contributed by atoms with Crippen LogP contribution in [0.4, 0.5) is 0 Å². The highest BCUT2D eigenvalue weighted by molar-refractivity contribution is 6.70. The topological polar surface area (TPSA) is 27.7 Å². The molecule has 0 N–H and O–H groups in total. The summed E-state index contributed by atoms with van der Waals surface area (Å²) in [7, 11) is -4.72. The molecule has 10 atom stereocenters. The van der Waals surface area contributed by atoms with Crippen molar-refractivity contribution in [3.8, 4) is 0 Å². The van der Waals surface area contributed by atoms with Gasteiger partial charge in [0, 0.05) is 18.1 Å². The summed E-state index contributed by atoms with van der Waals surface area (Å²) >= 11 is 0. The molecular weight excluding hydrogens is 493 g/mol. The molecule has 0 spiro atoms. The van der Waals surface area contributed by atoms with Crippen LogP contribution in [0.2, 0.25) is 58.9 Å². The van der Waals surface area contributed by atoms with Crippen molar-refractivity contribution in [1.29, 1.82) is 0 Å². The predicted molar refractivity (Wildman–Crippen MR) is 161 cm³/mol. The first kappa shape index (κ1) is 29.5. The zero-order chi connectivity index (χ0) is 26.9. The molecule has 36 heavy (non-hydrogen) atoms. The molecule has 210 valence electrons. The van der Waals surface area contributed by atoms with Gasteiger partial charge in [0.1, 0.15) is 0 Å². The first-order chi connectivity index (χ1) is 16.3. The fourth-order valence-corrected chi connectivity index (χ4v) is 13.5. The van der Waals surface area contributed by atoms with E-state index in [9.17, 15) is 0 Å². The summed E-state index contributed by atoms with van der Waals surface area (Å²) in [5.74, 6) is 3.95. The molecule has 4 aliphatic carbocycles. The third kappa shape index (κ3) is 5.99. The molecule has 3 nitrogen and oxygen atoms in total. The van der Waals surface area contributed by atoms with Crippen molar-refractivity contribution in [2.45, 2.75) is 149 Å². The average Bonchev–Trinajstić information content (AvgIpc) is 2.96. The van der Waals surface area contributed by atoms with Gasteiger partial charge in [0.05, 0.1) is 6.10 Å². The van der Waals surface area contributed by atoms with Gasteiger partial charge in [0.15, 0.2) is 25.0 Å². The molecule has 0 heterocycles. The molecule has 0 aromatic heterocycles. The molecule has 0 radical (unpaired) electrons. The maximum Gasteiger partial charge on any atom is 0.184 e. The first-order valence-corrected chi connectivity index (χ1v) is 25.6. The van der Waals surface area contributed by atoms with Crippen molar-refractivity contribution in [2.24, 2.45) is 40.4 Å². The quantitative estimate of drug-likeness (QED) is 0.295. The van der Waals surface area contributed by atoms with Crippen LogP contribution in [0.1, 0.15) is 72.1 Å². The highest BCUT2D eigenvalue weighted by atomic mass is 28.4. The number of hydrogen-bond acceptors (Lipinski definition) is 3. The Morgan fingerprint density at radius 2 is 1.28 bits per heavy atom. The lowest BCUT2D eigenvalue weighted by Gasteiger charge is -2.61. The molecule has 7 unspecified atom stereocenters. The molecule has 0 amide bonds. The van der Waals surface area contributed by atoms with Crippen molar-refractivity contribution in [1.82, 2.24) is 0 Å². The Morgan fingerprint density at radius 1 is 0.667 bits per heavy atom. The van der Waals surface area contributed by atoms with E-state index >= 15 is 0 Å². The summed E-state index contributed by atoms with van der Waals surface area (Å²) in [4.78, 5) is 0. The van der Waals surface area contributed by atoms with E-state index in [1.54, 1.807) is 0 Å². The Hall–Kier alpha value is 0.531. The first-order valence-electron chi connectivity index (χ1n) is 15.4. The Morgan fingerprint density at radius 3 is 1.86 bits per heavy atom. The second kappa shape index (κ2) is 9.87. The number of rotatable bonds is 7. The molecule has 0 aromatic carbocycles. The minimum absolute atomic E-state index is 0.297. The summed E-state index contributed by atoms with van der Waals surface area (Å²) < 4.78 is 20.5. The van der Waals surface area contributed by atoms with Crippen LogP contribution in [0.25, 0.3) is 0 Å². The van der Waals surface area contributed by atoms with E-state index < -0.39 is 25.0 Å². The number of hydrogen-bond donors (Lipinski definition) is 0. The van der Waals surface area contributed by atoms with Gasteiger partial charge in [-0.25, -0.2) is 0 Å². The highest BCUT2D eigenvalue weighted by Gasteiger charge is 2.64. The van der Waals surface area contributed by atoms with Crippen LogP contribution in [-0.2, 0) is 13.3 Å². The lowest BCUT2D eigenvalue weighted by atomic mass is 9.44. The molecule has 0 aliphatic heterocycles. The van der Waals surface area contributed by atoms with Crippen LogP contribution in [0.15, 0.2) is 0 Å². The van der Waals surface area contributed by atoms with E-state index in [0.717, 1.165) is 23.7 Å². The Kier molecular flexibility index (Phi) is 8.09. The van der Waals surface area contributed by atoms with Crippen molar-refractivity contribution in [3.05, 3.63) is 0 Å². The van der Waals surface area contributed by atoms with Crippen molar-refractivity contribution in [3.63, 3.8) is 0 Å². The molecule has 4 fully saturated rings. The van der Waals surface area contributed by atoms with Gasteiger partial charge in [-0.3, -0.25) is 0 Å². The lowest BCUT2D eigenvalue weighted by molar-refractivity contribution is -0.131. The van der Waals surface area contributed by atoms with E-state index in [0.29, 0.717) is 35.1 Å². The van der Waals surface area contributed by atoms with E-state index in [-0.39, 0.29) is 0 Å². The van der Waals surface area contributed by atoms with Crippen molar-refractivity contribution < 1.29 is 13.3 Å². The fourth-order valence-electron chi connectivity index (χ4n) is 9.90. The molecule has 0 bridgehead atoms. The van der Waals surface area contributed by atoms with E-state index in [1.807, 2.05) is 0 Å². The molecule has 4 aliphatic rings. The minimum Gasteiger partial charge on any atom is -0.415 e. The maximum absolute atomic E-state index is 7.04. The van der Waals surface area contributed by atoms with Crippen LogP contribution in [-0.4, -0.2) is 43.3 Å². The monoisotopic (exact) mass is 552 g/mol. The van der Waals surface area contributed by atoms with Gasteiger partial charge in [-0.1, -0.05) is 13.8 Å². The van der Waals surface area contributed by atoms with Crippen LogP contribution < -0.4 is 0 Å². The summed E-state index contributed by atoms with van der Waals surface area (Å²) in [5.41, 5.74) is 0.864. The fraction of sp³-hybridized carbons (Fsp3) is 1.00. The Labute approximate surface area is 227 Å². The molecule has 4 saturated carbocycles. The summed E-state index contributed by atoms with van der Waals surface area (Å²) in [6.45, 7) is 29.0. The van der Waals surface area contributed by atoms with Crippen LogP contribution in [0.5, 0.6) is 0 Å². The van der Waals surface area contributed by atoms with Crippen LogP contribution in [0.3, 0.4) is 0 Å². The second-order valence-electron chi connectivity index (χ2n) is 16.8. The maximum atomic E-state index is 7.04. The molecule has 6 heteroatoms. The number of fused-ring (bicyclic) bond motifs is 5. The molecule has 0 saturated heterocycles. The van der Waals surface area contributed by atoms with Gasteiger partial charge in [-0.15, -0.1) is 0 Å². The third-order valence-electron chi connectivity index (χ3n) is 10.8. The predicted octanol–water partition coefficient (Wildman–Crippen LogP) is 8.94. The highest BCUT2D eigenvalue weighted by Crippen LogP contribution is 2.68. The SMILES string of the molecule is CC(O[Si](C)(C)C)C1[C@H](O[Si](C)(C)C)CC2C3CC[C@@H]4C[C@H](O[Si](C)(C)C)CCC4(C)C3CCC21C. The van der Waals surface area contributed by atoms with Crippen molar-refractivity contribution >= 4 is 25.0 Å². The molecular formula is C30H60O3Si3. The third-order valence-corrected chi connectivity index (χ3v) is 13.9. The van der Waals surface area contributed by atoms with Gasteiger partial charge in [-0.05, 0) is 152 Å². The minimum atomic E-state index is -1.63. The standard InChI is InChI=1S/C30H60O3Si3/c1-21(31-34(4,5)6)28-27(33-36(10,11)12)20-26-24-14-13-22-19-23(32-35(7,8)9)15-17-29(22,2)25(24)16-18-30(26,28)3/h21-28H,13-20H2,1-12H3/t21?,22-,23-,24?,25?,26?,27-,28?,29?,30?/m1/s1. The van der Waals surface area contributed by atoms with Gasteiger partial charge < -0.3 is 13.3 Å². The molecule has 4 rings (SSSR count). The average molecular weight is 553 g/mol. The van der Waals surface area contributed by atoms with Gasteiger partial charge >= 0.3 is 0 Å². The van der Waals surface area contributed by atoms with E-state index in [2.05, 4.69) is 79.7 Å². The van der Waals surface area contributed by atoms with Crippen molar-refractivity contribution in [2.75, 3.05) is 0 Å². The van der Waals surface area contributed by atoms with E-state index in [1.165, 1.54) is 51.4 Å². The van der Waals surface area contributed by atoms with Crippen LogP contribution in [0, 0.1) is 40.4 Å². The normalized spacial score (nSPS) is 44.5. The summed E-state index contributed by atoms with van der Waals surface area (Å²) in [6.07, 6.45) is 12.1. The summed E-state index contributed by atoms with van der Waals surface area (Å²) in [6, 6.07) is 0. The smallest absolute Gasteiger partial charge is 0.184 e. The Balaban J connectivity index is 1.57. The molecule has 0 aromatic rings. The second-order valence-corrected chi connectivity index (χ2v) is 30.2. The summed E-state index contributed by atoms with van der Waals surface area (Å²) in [5, 5.41) is 0. The zero-order valence-electron chi connectivity index (χ0n) is 26.0. The van der Waals surface area contributed by atoms with Gasteiger partial charge in [-0.2, -0.15) is 0 Å². The van der Waals surface area contributed by atoms with E-state index in [4.69, 9.17) is 13.3 Å². The zero-order valence-corrected chi connectivity index (χ0v) is 29.0.